The Hall–Kier alpha value is -0.860. The summed E-state index contributed by atoms with van der Waals surface area (Å²) in [4.78, 5) is 2.63. The molecule has 0 amide bonds. The number of fused-ring (bicyclic) bond motifs is 2. The van der Waals surface area contributed by atoms with Gasteiger partial charge in [-0.25, -0.2) is 0 Å². The van der Waals surface area contributed by atoms with Gasteiger partial charge in [0, 0.05) is 18.6 Å². The summed E-state index contributed by atoms with van der Waals surface area (Å²) >= 11 is 0. The van der Waals surface area contributed by atoms with Crippen LogP contribution < -0.4 is 0 Å². The van der Waals surface area contributed by atoms with E-state index in [2.05, 4.69) is 62.9 Å². The molecule has 1 aromatic carbocycles. The maximum atomic E-state index is 11.6. The van der Waals surface area contributed by atoms with E-state index in [0.717, 1.165) is 6.54 Å². The third-order valence-corrected chi connectivity index (χ3v) is 6.25. The molecule has 2 bridgehead atoms. The van der Waals surface area contributed by atoms with Crippen molar-refractivity contribution in [3.8, 4) is 0 Å². The van der Waals surface area contributed by atoms with E-state index in [4.69, 9.17) is 0 Å². The molecule has 2 nitrogen and oxygen atoms in total. The van der Waals surface area contributed by atoms with E-state index in [1.807, 2.05) is 0 Å². The second-order valence-corrected chi connectivity index (χ2v) is 8.03. The van der Waals surface area contributed by atoms with Gasteiger partial charge in [-0.05, 0) is 42.6 Å². The van der Waals surface area contributed by atoms with Crippen molar-refractivity contribution in [2.45, 2.75) is 71.2 Å². The second kappa shape index (κ2) is 5.98. The minimum atomic E-state index is -0.589. The first-order valence-corrected chi connectivity index (χ1v) is 8.96. The van der Waals surface area contributed by atoms with Gasteiger partial charge in [0.25, 0.3) is 0 Å². The molecule has 0 radical (unpaired) electrons. The topological polar surface area (TPSA) is 23.5 Å². The van der Waals surface area contributed by atoms with Crippen LogP contribution in [-0.2, 0) is 6.54 Å². The van der Waals surface area contributed by atoms with Gasteiger partial charge in [-0.1, -0.05) is 58.0 Å². The van der Waals surface area contributed by atoms with Crippen LogP contribution in [0.2, 0.25) is 0 Å². The zero-order valence-electron chi connectivity index (χ0n) is 14.5. The lowest BCUT2D eigenvalue weighted by atomic mass is 9.70. The van der Waals surface area contributed by atoms with Gasteiger partial charge in [0.15, 0.2) is 0 Å². The lowest BCUT2D eigenvalue weighted by Crippen LogP contribution is -2.60. The average molecular weight is 301 g/mol. The van der Waals surface area contributed by atoms with Crippen molar-refractivity contribution in [2.75, 3.05) is 0 Å². The van der Waals surface area contributed by atoms with Crippen molar-refractivity contribution in [1.29, 1.82) is 0 Å². The first-order valence-electron chi connectivity index (χ1n) is 8.96. The summed E-state index contributed by atoms with van der Waals surface area (Å²) in [5.74, 6) is 1.24. The number of hydrogen-bond donors (Lipinski definition) is 1. The van der Waals surface area contributed by atoms with E-state index in [1.54, 1.807) is 0 Å². The monoisotopic (exact) mass is 301 g/mol. The molecule has 1 N–H and O–H groups in total. The number of nitrogens with zero attached hydrogens (tertiary/aromatic N) is 1. The third-order valence-electron chi connectivity index (χ3n) is 6.25. The SMILES string of the molecule is CC(C)C(O)(C(C)C)[C@H]1[C@@H]2CC[C@@H](C2)N1Cc1ccccc1. The molecule has 3 atom stereocenters. The van der Waals surface area contributed by atoms with Gasteiger partial charge in [0.05, 0.1) is 5.60 Å². The van der Waals surface area contributed by atoms with Gasteiger partial charge in [-0.15, -0.1) is 0 Å². The van der Waals surface area contributed by atoms with Gasteiger partial charge >= 0.3 is 0 Å². The van der Waals surface area contributed by atoms with Crippen LogP contribution in [0.3, 0.4) is 0 Å². The smallest absolute Gasteiger partial charge is 0.0850 e. The van der Waals surface area contributed by atoms with Gasteiger partial charge in [0.2, 0.25) is 0 Å². The third kappa shape index (κ3) is 2.51. The summed E-state index contributed by atoms with van der Waals surface area (Å²) < 4.78 is 0. The van der Waals surface area contributed by atoms with Crippen LogP contribution >= 0.6 is 0 Å². The summed E-state index contributed by atoms with van der Waals surface area (Å²) in [7, 11) is 0. The van der Waals surface area contributed by atoms with Gasteiger partial charge in [-0.3, -0.25) is 4.90 Å². The molecule has 2 heteroatoms. The van der Waals surface area contributed by atoms with Crippen molar-refractivity contribution < 1.29 is 5.11 Å². The summed E-state index contributed by atoms with van der Waals surface area (Å²) in [6.07, 6.45) is 3.88. The van der Waals surface area contributed by atoms with Crippen molar-refractivity contribution in [3.63, 3.8) is 0 Å². The highest BCUT2D eigenvalue weighted by Crippen LogP contribution is 2.50. The van der Waals surface area contributed by atoms with Crippen molar-refractivity contribution in [3.05, 3.63) is 35.9 Å². The van der Waals surface area contributed by atoms with Crippen LogP contribution in [0, 0.1) is 17.8 Å². The van der Waals surface area contributed by atoms with Crippen molar-refractivity contribution >= 4 is 0 Å². The predicted octanol–water partition coefficient (Wildman–Crippen LogP) is 4.08. The Morgan fingerprint density at radius 2 is 1.73 bits per heavy atom. The Labute approximate surface area is 135 Å². The molecule has 1 saturated heterocycles. The first kappa shape index (κ1) is 16.0. The van der Waals surface area contributed by atoms with E-state index >= 15 is 0 Å². The number of likely N-dealkylation sites (tertiary alicyclic amines) is 1. The van der Waals surface area contributed by atoms with Crippen LogP contribution in [0.15, 0.2) is 30.3 Å². The van der Waals surface area contributed by atoms with Gasteiger partial charge in [0.1, 0.15) is 0 Å². The van der Waals surface area contributed by atoms with E-state index in [9.17, 15) is 5.11 Å². The number of benzene rings is 1. The van der Waals surface area contributed by atoms with E-state index in [0.29, 0.717) is 18.0 Å². The molecule has 3 rings (SSSR count). The molecular weight excluding hydrogens is 270 g/mol. The Kier molecular flexibility index (Phi) is 4.35. The summed E-state index contributed by atoms with van der Waals surface area (Å²) in [6, 6.07) is 11.7. The molecule has 1 aliphatic carbocycles. The molecule has 0 spiro atoms. The van der Waals surface area contributed by atoms with Crippen LogP contribution in [-0.4, -0.2) is 27.7 Å². The Morgan fingerprint density at radius 1 is 1.09 bits per heavy atom. The highest BCUT2D eigenvalue weighted by molar-refractivity contribution is 5.18. The van der Waals surface area contributed by atoms with Crippen LogP contribution in [0.5, 0.6) is 0 Å². The lowest BCUT2D eigenvalue weighted by Gasteiger charge is -2.50. The fourth-order valence-corrected chi connectivity index (χ4v) is 5.09. The Bertz CT molecular complexity index is 488. The predicted molar refractivity (Wildman–Crippen MR) is 91.5 cm³/mol. The van der Waals surface area contributed by atoms with Crippen LogP contribution in [0.4, 0.5) is 0 Å². The zero-order valence-corrected chi connectivity index (χ0v) is 14.5. The summed E-state index contributed by atoms with van der Waals surface area (Å²) in [6.45, 7) is 9.73. The molecular formula is C20H31NO. The molecule has 122 valence electrons. The van der Waals surface area contributed by atoms with Gasteiger partial charge in [-0.2, -0.15) is 0 Å². The molecule has 0 unspecified atom stereocenters. The quantitative estimate of drug-likeness (QED) is 0.885. The van der Waals surface area contributed by atoms with E-state index in [-0.39, 0.29) is 11.8 Å². The molecule has 22 heavy (non-hydrogen) atoms. The normalized spacial score (nSPS) is 29.0. The maximum Gasteiger partial charge on any atom is 0.0850 e. The fraction of sp³-hybridized carbons (Fsp3) is 0.700. The molecule has 1 aromatic rings. The number of piperidine rings is 1. The molecule has 1 heterocycles. The minimum Gasteiger partial charge on any atom is -0.388 e. The Morgan fingerprint density at radius 3 is 2.32 bits per heavy atom. The average Bonchev–Trinajstić information content (AvgIpc) is 3.08. The number of hydrogen-bond acceptors (Lipinski definition) is 2. The van der Waals surface area contributed by atoms with Crippen molar-refractivity contribution in [1.82, 2.24) is 4.90 Å². The second-order valence-electron chi connectivity index (χ2n) is 8.03. The highest BCUT2D eigenvalue weighted by atomic mass is 16.3. The summed E-state index contributed by atoms with van der Waals surface area (Å²) in [5.41, 5.74) is 0.782. The number of rotatable bonds is 5. The molecule has 2 aliphatic rings. The first-order chi connectivity index (χ1) is 10.4. The maximum absolute atomic E-state index is 11.6. The van der Waals surface area contributed by atoms with Crippen LogP contribution in [0.25, 0.3) is 0 Å². The molecule has 0 aromatic heterocycles. The minimum absolute atomic E-state index is 0.287. The highest BCUT2D eigenvalue weighted by Gasteiger charge is 2.56. The van der Waals surface area contributed by atoms with E-state index in [1.165, 1.54) is 24.8 Å². The molecule has 1 aliphatic heterocycles. The van der Waals surface area contributed by atoms with Crippen LogP contribution in [0.1, 0.15) is 52.5 Å². The summed E-state index contributed by atoms with van der Waals surface area (Å²) in [5, 5.41) is 11.6. The largest absolute Gasteiger partial charge is 0.388 e. The fourth-order valence-electron chi connectivity index (χ4n) is 5.09. The number of aliphatic hydroxyl groups is 1. The molecule has 1 saturated carbocycles. The molecule has 2 fully saturated rings. The van der Waals surface area contributed by atoms with Gasteiger partial charge < -0.3 is 5.11 Å². The zero-order chi connectivity index (χ0) is 15.9. The van der Waals surface area contributed by atoms with E-state index < -0.39 is 5.60 Å². The van der Waals surface area contributed by atoms with Crippen molar-refractivity contribution in [2.24, 2.45) is 17.8 Å². The Balaban J connectivity index is 1.90. The lowest BCUT2D eigenvalue weighted by molar-refractivity contribution is -0.128. The standard InChI is InChI=1S/C20H31NO/c1-14(2)20(22,15(3)4)19-17-10-11-18(12-17)21(19)13-16-8-6-5-7-9-16/h5-9,14-15,17-19,22H,10-13H2,1-4H3/t17-,18+,19-/m1/s1.